The van der Waals surface area contributed by atoms with E-state index in [0.717, 1.165) is 24.8 Å². The first-order chi connectivity index (χ1) is 11.0. The number of carbonyl (C=O) groups excluding carboxylic acids is 2. The molecule has 4 nitrogen and oxygen atoms in total. The van der Waals surface area contributed by atoms with Crippen LogP contribution < -0.4 is 5.32 Å². The lowest BCUT2D eigenvalue weighted by molar-refractivity contribution is -0.144. The summed E-state index contributed by atoms with van der Waals surface area (Å²) in [7, 11) is 0. The predicted octanol–water partition coefficient (Wildman–Crippen LogP) is 3.25. The molecule has 2 atom stereocenters. The molecule has 0 spiro atoms. The molecule has 124 valence electrons. The molecular formula is C19H25NO3. The highest BCUT2D eigenvalue weighted by molar-refractivity contribution is 5.89. The number of hydrogen-bond acceptors (Lipinski definition) is 3. The Morgan fingerprint density at radius 1 is 1.22 bits per heavy atom. The van der Waals surface area contributed by atoms with Gasteiger partial charge in [0.15, 0.2) is 6.61 Å². The first-order valence-corrected chi connectivity index (χ1v) is 8.25. The van der Waals surface area contributed by atoms with Crippen molar-refractivity contribution in [1.82, 2.24) is 5.32 Å². The van der Waals surface area contributed by atoms with E-state index in [0.29, 0.717) is 5.92 Å². The van der Waals surface area contributed by atoms with E-state index in [4.69, 9.17) is 4.74 Å². The quantitative estimate of drug-likeness (QED) is 0.670. The zero-order valence-electron chi connectivity index (χ0n) is 13.9. The van der Waals surface area contributed by atoms with Crippen LogP contribution in [0.1, 0.15) is 43.7 Å². The summed E-state index contributed by atoms with van der Waals surface area (Å²) in [6.45, 7) is 3.94. The predicted molar refractivity (Wildman–Crippen MR) is 90.7 cm³/mol. The first kappa shape index (κ1) is 17.3. The lowest BCUT2D eigenvalue weighted by Gasteiger charge is -2.29. The third-order valence-corrected chi connectivity index (χ3v) is 4.29. The Kier molecular flexibility index (Phi) is 6.39. The van der Waals surface area contributed by atoms with Gasteiger partial charge in [0.2, 0.25) is 0 Å². The normalized spacial score (nSPS) is 21.1. The van der Waals surface area contributed by atoms with E-state index in [9.17, 15) is 9.59 Å². The van der Waals surface area contributed by atoms with Gasteiger partial charge in [-0.25, -0.2) is 4.79 Å². The van der Waals surface area contributed by atoms with E-state index >= 15 is 0 Å². The van der Waals surface area contributed by atoms with Crippen LogP contribution in [0, 0.1) is 12.8 Å². The summed E-state index contributed by atoms with van der Waals surface area (Å²) in [5, 5.41) is 2.96. The van der Waals surface area contributed by atoms with Gasteiger partial charge >= 0.3 is 5.97 Å². The van der Waals surface area contributed by atoms with Gasteiger partial charge in [-0.1, -0.05) is 49.6 Å². The van der Waals surface area contributed by atoms with Crippen molar-refractivity contribution in [3.63, 3.8) is 0 Å². The SMILES string of the molecule is Cc1ccc(/C=C/C(=O)OCC(=O)N[C@H]2CCCC[C@H]2C)cc1. The molecular weight excluding hydrogens is 290 g/mol. The number of aryl methyl sites for hydroxylation is 1. The molecule has 0 saturated heterocycles. The van der Waals surface area contributed by atoms with E-state index < -0.39 is 5.97 Å². The van der Waals surface area contributed by atoms with E-state index in [1.807, 2.05) is 31.2 Å². The van der Waals surface area contributed by atoms with Gasteiger partial charge in [0, 0.05) is 12.1 Å². The molecule has 23 heavy (non-hydrogen) atoms. The van der Waals surface area contributed by atoms with Crippen LogP contribution in [0.4, 0.5) is 0 Å². The Labute approximate surface area is 137 Å². The van der Waals surface area contributed by atoms with Crippen molar-refractivity contribution in [3.05, 3.63) is 41.5 Å². The van der Waals surface area contributed by atoms with Crippen LogP contribution >= 0.6 is 0 Å². The van der Waals surface area contributed by atoms with Crippen molar-refractivity contribution >= 4 is 18.0 Å². The highest BCUT2D eigenvalue weighted by Gasteiger charge is 2.22. The Hall–Kier alpha value is -2.10. The minimum Gasteiger partial charge on any atom is -0.452 e. The highest BCUT2D eigenvalue weighted by Crippen LogP contribution is 2.23. The number of ether oxygens (including phenoxy) is 1. The number of esters is 1. The van der Waals surface area contributed by atoms with Gasteiger partial charge in [-0.15, -0.1) is 0 Å². The molecule has 2 rings (SSSR count). The molecule has 0 bridgehead atoms. The molecule has 1 N–H and O–H groups in total. The maximum atomic E-state index is 11.9. The fourth-order valence-electron chi connectivity index (χ4n) is 2.81. The average Bonchev–Trinajstić information content (AvgIpc) is 2.54. The van der Waals surface area contributed by atoms with E-state index in [-0.39, 0.29) is 18.6 Å². The molecule has 1 aromatic carbocycles. The third-order valence-electron chi connectivity index (χ3n) is 4.29. The van der Waals surface area contributed by atoms with Crippen LogP contribution in [0.2, 0.25) is 0 Å². The number of hydrogen-bond donors (Lipinski definition) is 1. The monoisotopic (exact) mass is 315 g/mol. The van der Waals surface area contributed by atoms with Crippen molar-refractivity contribution in [2.24, 2.45) is 5.92 Å². The zero-order chi connectivity index (χ0) is 16.7. The fourth-order valence-corrected chi connectivity index (χ4v) is 2.81. The summed E-state index contributed by atoms with van der Waals surface area (Å²) >= 11 is 0. The Balaban J connectivity index is 1.73. The van der Waals surface area contributed by atoms with Gasteiger partial charge in [-0.05, 0) is 37.3 Å². The maximum Gasteiger partial charge on any atom is 0.331 e. The molecule has 1 aliphatic carbocycles. The topological polar surface area (TPSA) is 55.4 Å². The largest absolute Gasteiger partial charge is 0.452 e. The third kappa shape index (κ3) is 5.89. The lowest BCUT2D eigenvalue weighted by Crippen LogP contribution is -2.42. The minimum atomic E-state index is -0.502. The second kappa shape index (κ2) is 8.51. The summed E-state index contributed by atoms with van der Waals surface area (Å²) in [6, 6.07) is 8.01. The second-order valence-electron chi connectivity index (χ2n) is 6.29. The van der Waals surface area contributed by atoms with E-state index in [1.165, 1.54) is 18.1 Å². The summed E-state index contributed by atoms with van der Waals surface area (Å²) in [4.78, 5) is 23.5. The number of amides is 1. The molecule has 0 heterocycles. The van der Waals surface area contributed by atoms with Gasteiger partial charge in [0.25, 0.3) is 5.91 Å². The van der Waals surface area contributed by atoms with E-state index in [2.05, 4.69) is 12.2 Å². The molecule has 1 aromatic rings. The Morgan fingerprint density at radius 2 is 1.91 bits per heavy atom. The number of benzene rings is 1. The smallest absolute Gasteiger partial charge is 0.331 e. The van der Waals surface area contributed by atoms with Crippen LogP contribution in [0.5, 0.6) is 0 Å². The zero-order valence-corrected chi connectivity index (χ0v) is 13.9. The molecule has 0 aromatic heterocycles. The first-order valence-electron chi connectivity index (χ1n) is 8.25. The molecule has 1 fully saturated rings. The second-order valence-corrected chi connectivity index (χ2v) is 6.29. The van der Waals surface area contributed by atoms with Crippen molar-refractivity contribution < 1.29 is 14.3 Å². The number of carbonyl (C=O) groups is 2. The molecule has 1 aliphatic rings. The maximum absolute atomic E-state index is 11.9. The fraction of sp³-hybridized carbons (Fsp3) is 0.474. The molecule has 0 aliphatic heterocycles. The van der Waals surface area contributed by atoms with Crippen molar-refractivity contribution in [1.29, 1.82) is 0 Å². The van der Waals surface area contributed by atoms with Gasteiger partial charge in [-0.2, -0.15) is 0 Å². The van der Waals surface area contributed by atoms with Crippen LogP contribution in [-0.2, 0) is 14.3 Å². The Bertz CT molecular complexity index is 562. The summed E-state index contributed by atoms with van der Waals surface area (Å²) in [5.41, 5.74) is 2.09. The Morgan fingerprint density at radius 3 is 2.61 bits per heavy atom. The molecule has 4 heteroatoms. The van der Waals surface area contributed by atoms with Gasteiger partial charge in [0.1, 0.15) is 0 Å². The van der Waals surface area contributed by atoms with Gasteiger partial charge in [-0.3, -0.25) is 4.79 Å². The average molecular weight is 315 g/mol. The molecule has 1 amide bonds. The highest BCUT2D eigenvalue weighted by atomic mass is 16.5. The van der Waals surface area contributed by atoms with Crippen LogP contribution in [-0.4, -0.2) is 24.5 Å². The van der Waals surface area contributed by atoms with Gasteiger partial charge in [0.05, 0.1) is 0 Å². The van der Waals surface area contributed by atoms with Crippen LogP contribution in [0.3, 0.4) is 0 Å². The van der Waals surface area contributed by atoms with Crippen molar-refractivity contribution in [2.45, 2.75) is 45.6 Å². The lowest BCUT2D eigenvalue weighted by atomic mass is 9.86. The van der Waals surface area contributed by atoms with Gasteiger partial charge < -0.3 is 10.1 Å². The van der Waals surface area contributed by atoms with Crippen LogP contribution in [0.15, 0.2) is 30.3 Å². The molecule has 1 saturated carbocycles. The summed E-state index contributed by atoms with van der Waals surface area (Å²) in [6.07, 6.45) is 7.56. The standard InChI is InChI=1S/C19H25NO3/c1-14-7-9-16(10-8-14)11-12-19(22)23-13-18(21)20-17-6-4-3-5-15(17)2/h7-12,15,17H,3-6,13H2,1-2H3,(H,20,21)/b12-11+/t15-,17+/m1/s1. The van der Waals surface area contributed by atoms with Crippen LogP contribution in [0.25, 0.3) is 6.08 Å². The molecule has 0 unspecified atom stereocenters. The van der Waals surface area contributed by atoms with Crippen molar-refractivity contribution in [3.8, 4) is 0 Å². The number of rotatable bonds is 5. The molecule has 0 radical (unpaired) electrons. The minimum absolute atomic E-state index is 0.207. The van der Waals surface area contributed by atoms with E-state index in [1.54, 1.807) is 6.08 Å². The van der Waals surface area contributed by atoms with Crippen molar-refractivity contribution in [2.75, 3.05) is 6.61 Å². The number of nitrogens with one attached hydrogen (secondary N) is 1. The summed E-state index contributed by atoms with van der Waals surface area (Å²) < 4.78 is 4.99. The summed E-state index contributed by atoms with van der Waals surface area (Å²) in [5.74, 6) is -0.233.